The standard InChI is InChI=1S/C23H18BrN3O4/c1-2-4-21-26-19-9-7-16(24)12-18(19)22(28)27(21)25-13-17-8-10-20(31-17)14-5-3-6-15(11-14)23(29)30/h3,5-13H,2,4H2,1H3,(H,29,30). The summed E-state index contributed by atoms with van der Waals surface area (Å²) in [6, 6.07) is 15.3. The predicted molar refractivity (Wildman–Crippen MR) is 122 cm³/mol. The zero-order valence-electron chi connectivity index (χ0n) is 16.6. The van der Waals surface area contributed by atoms with E-state index in [1.807, 2.05) is 13.0 Å². The second kappa shape index (κ2) is 8.69. The van der Waals surface area contributed by atoms with Gasteiger partial charge in [-0.3, -0.25) is 4.79 Å². The topological polar surface area (TPSA) is 97.7 Å². The summed E-state index contributed by atoms with van der Waals surface area (Å²) in [5, 5.41) is 14.0. The molecule has 31 heavy (non-hydrogen) atoms. The number of furan rings is 1. The molecular formula is C23H18BrN3O4. The summed E-state index contributed by atoms with van der Waals surface area (Å²) >= 11 is 3.39. The van der Waals surface area contributed by atoms with Crippen LogP contribution in [-0.4, -0.2) is 27.0 Å². The summed E-state index contributed by atoms with van der Waals surface area (Å²) in [7, 11) is 0. The third-order valence-corrected chi connectivity index (χ3v) is 5.16. The van der Waals surface area contributed by atoms with Crippen molar-refractivity contribution in [2.24, 2.45) is 5.10 Å². The molecule has 0 saturated carbocycles. The van der Waals surface area contributed by atoms with Crippen LogP contribution in [0.15, 0.2) is 73.4 Å². The first-order valence-corrected chi connectivity index (χ1v) is 10.4. The Labute approximate surface area is 185 Å². The molecule has 1 N–H and O–H groups in total. The molecule has 0 aliphatic rings. The molecule has 0 atom stereocenters. The van der Waals surface area contributed by atoms with Crippen molar-refractivity contribution in [1.29, 1.82) is 0 Å². The van der Waals surface area contributed by atoms with E-state index in [2.05, 4.69) is 26.0 Å². The second-order valence-electron chi connectivity index (χ2n) is 6.89. The number of nitrogens with zero attached hydrogens (tertiary/aromatic N) is 3. The SMILES string of the molecule is CCCc1nc2ccc(Br)cc2c(=O)n1N=Cc1ccc(-c2cccc(C(=O)O)c2)o1. The number of aryl methyl sites for hydroxylation is 1. The molecule has 0 aliphatic heterocycles. The number of rotatable bonds is 6. The molecule has 0 saturated heterocycles. The summed E-state index contributed by atoms with van der Waals surface area (Å²) < 4.78 is 7.87. The van der Waals surface area contributed by atoms with Crippen LogP contribution in [0.3, 0.4) is 0 Å². The Hall–Kier alpha value is -3.52. The Balaban J connectivity index is 1.71. The first kappa shape index (κ1) is 20.7. The van der Waals surface area contributed by atoms with Crippen LogP contribution < -0.4 is 5.56 Å². The summed E-state index contributed by atoms with van der Waals surface area (Å²) in [6.45, 7) is 2.01. The molecule has 0 radical (unpaired) electrons. The van der Waals surface area contributed by atoms with Crippen LogP contribution in [0.25, 0.3) is 22.2 Å². The highest BCUT2D eigenvalue weighted by Gasteiger charge is 2.11. The lowest BCUT2D eigenvalue weighted by Gasteiger charge is -2.08. The number of hydrogen-bond acceptors (Lipinski definition) is 5. The van der Waals surface area contributed by atoms with E-state index in [0.717, 1.165) is 10.9 Å². The van der Waals surface area contributed by atoms with Gasteiger partial charge in [0.2, 0.25) is 0 Å². The Morgan fingerprint density at radius 3 is 2.84 bits per heavy atom. The normalized spacial score (nSPS) is 11.4. The predicted octanol–water partition coefficient (Wildman–Crippen LogP) is 4.95. The van der Waals surface area contributed by atoms with Crippen LogP contribution in [0.2, 0.25) is 0 Å². The van der Waals surface area contributed by atoms with Crippen LogP contribution in [0.5, 0.6) is 0 Å². The fourth-order valence-electron chi connectivity index (χ4n) is 3.20. The van der Waals surface area contributed by atoms with E-state index in [-0.39, 0.29) is 11.1 Å². The van der Waals surface area contributed by atoms with Crippen LogP contribution in [0.4, 0.5) is 0 Å². The summed E-state index contributed by atoms with van der Waals surface area (Å²) in [6.07, 6.45) is 2.87. The average molecular weight is 480 g/mol. The summed E-state index contributed by atoms with van der Waals surface area (Å²) in [5.74, 6) is 0.499. The lowest BCUT2D eigenvalue weighted by atomic mass is 10.1. The lowest BCUT2D eigenvalue weighted by Crippen LogP contribution is -2.22. The maximum Gasteiger partial charge on any atom is 0.335 e. The zero-order chi connectivity index (χ0) is 22.0. The van der Waals surface area contributed by atoms with Crippen molar-refractivity contribution in [2.75, 3.05) is 0 Å². The minimum atomic E-state index is -1.01. The molecule has 0 fully saturated rings. The van der Waals surface area contributed by atoms with Gasteiger partial charge in [0.25, 0.3) is 5.56 Å². The van der Waals surface area contributed by atoms with Gasteiger partial charge in [-0.05, 0) is 48.9 Å². The van der Waals surface area contributed by atoms with E-state index in [0.29, 0.717) is 40.2 Å². The van der Waals surface area contributed by atoms with Gasteiger partial charge in [-0.2, -0.15) is 9.78 Å². The molecule has 0 bridgehead atoms. The van der Waals surface area contributed by atoms with Crippen molar-refractivity contribution in [3.05, 3.63) is 86.6 Å². The van der Waals surface area contributed by atoms with Gasteiger partial charge in [0.1, 0.15) is 17.3 Å². The molecule has 0 aliphatic carbocycles. The molecule has 8 heteroatoms. The Morgan fingerprint density at radius 2 is 2.06 bits per heavy atom. The van der Waals surface area contributed by atoms with Gasteiger partial charge < -0.3 is 9.52 Å². The van der Waals surface area contributed by atoms with E-state index in [1.165, 1.54) is 23.0 Å². The van der Waals surface area contributed by atoms with Crippen LogP contribution >= 0.6 is 15.9 Å². The highest BCUT2D eigenvalue weighted by molar-refractivity contribution is 9.10. The molecule has 2 aromatic heterocycles. The summed E-state index contributed by atoms with van der Waals surface area (Å²) in [5.41, 5.74) is 1.18. The monoisotopic (exact) mass is 479 g/mol. The van der Waals surface area contributed by atoms with Crippen molar-refractivity contribution in [3.63, 3.8) is 0 Å². The first-order valence-electron chi connectivity index (χ1n) is 9.65. The molecular weight excluding hydrogens is 462 g/mol. The molecule has 156 valence electrons. The number of carboxylic acids is 1. The molecule has 0 amide bonds. The van der Waals surface area contributed by atoms with Crippen molar-refractivity contribution in [3.8, 4) is 11.3 Å². The fourth-order valence-corrected chi connectivity index (χ4v) is 3.56. The summed E-state index contributed by atoms with van der Waals surface area (Å²) in [4.78, 5) is 28.8. The molecule has 0 spiro atoms. The molecule has 4 rings (SSSR count). The number of carbonyl (C=O) groups is 1. The zero-order valence-corrected chi connectivity index (χ0v) is 18.2. The number of aromatic carboxylic acids is 1. The highest BCUT2D eigenvalue weighted by atomic mass is 79.9. The molecule has 0 unspecified atom stereocenters. The Kier molecular flexibility index (Phi) is 5.81. The van der Waals surface area contributed by atoms with Gasteiger partial charge in [-0.1, -0.05) is 35.0 Å². The Bertz CT molecular complexity index is 1370. The fraction of sp³-hybridized carbons (Fsp3) is 0.130. The smallest absolute Gasteiger partial charge is 0.335 e. The molecule has 7 nitrogen and oxygen atoms in total. The lowest BCUT2D eigenvalue weighted by molar-refractivity contribution is 0.0697. The van der Waals surface area contributed by atoms with Crippen LogP contribution in [0.1, 0.15) is 35.3 Å². The van der Waals surface area contributed by atoms with E-state index < -0.39 is 5.97 Å². The molecule has 2 aromatic carbocycles. The largest absolute Gasteiger partial charge is 0.478 e. The first-order chi connectivity index (χ1) is 15.0. The maximum absolute atomic E-state index is 13.0. The van der Waals surface area contributed by atoms with E-state index in [1.54, 1.807) is 36.4 Å². The van der Waals surface area contributed by atoms with E-state index in [9.17, 15) is 9.59 Å². The number of carboxylic acid groups (broad SMARTS) is 1. The maximum atomic E-state index is 13.0. The van der Waals surface area contributed by atoms with Crippen LogP contribution in [0, 0.1) is 0 Å². The van der Waals surface area contributed by atoms with Gasteiger partial charge in [-0.25, -0.2) is 9.78 Å². The van der Waals surface area contributed by atoms with Crippen LogP contribution in [-0.2, 0) is 6.42 Å². The van der Waals surface area contributed by atoms with Gasteiger partial charge in [0.15, 0.2) is 0 Å². The minimum absolute atomic E-state index is 0.174. The van der Waals surface area contributed by atoms with Gasteiger partial charge in [0, 0.05) is 16.5 Å². The van der Waals surface area contributed by atoms with Gasteiger partial charge in [-0.15, -0.1) is 0 Å². The number of hydrogen-bond donors (Lipinski definition) is 1. The molecule has 4 aromatic rings. The number of benzene rings is 2. The quantitative estimate of drug-likeness (QED) is 0.394. The van der Waals surface area contributed by atoms with E-state index >= 15 is 0 Å². The van der Waals surface area contributed by atoms with Gasteiger partial charge in [0.05, 0.1) is 22.7 Å². The minimum Gasteiger partial charge on any atom is -0.478 e. The second-order valence-corrected chi connectivity index (χ2v) is 7.80. The van der Waals surface area contributed by atoms with Gasteiger partial charge >= 0.3 is 5.97 Å². The average Bonchev–Trinajstić information content (AvgIpc) is 3.23. The number of halogens is 1. The third kappa shape index (κ3) is 4.34. The Morgan fingerprint density at radius 1 is 1.23 bits per heavy atom. The van der Waals surface area contributed by atoms with Crippen molar-refractivity contribution >= 4 is 39.0 Å². The third-order valence-electron chi connectivity index (χ3n) is 4.67. The number of aromatic nitrogens is 2. The van der Waals surface area contributed by atoms with E-state index in [4.69, 9.17) is 9.52 Å². The molecule has 2 heterocycles. The highest BCUT2D eigenvalue weighted by Crippen LogP contribution is 2.23. The van der Waals surface area contributed by atoms with Crippen molar-refractivity contribution < 1.29 is 14.3 Å². The van der Waals surface area contributed by atoms with Crippen molar-refractivity contribution in [1.82, 2.24) is 9.66 Å². The van der Waals surface area contributed by atoms with Crippen molar-refractivity contribution in [2.45, 2.75) is 19.8 Å². The number of fused-ring (bicyclic) bond motifs is 1.